The van der Waals surface area contributed by atoms with Gasteiger partial charge in [0.15, 0.2) is 0 Å². The first-order valence-corrected chi connectivity index (χ1v) is 9.03. The first kappa shape index (κ1) is 19.4. The molecule has 0 atom stereocenters. The van der Waals surface area contributed by atoms with Crippen molar-refractivity contribution in [1.29, 1.82) is 0 Å². The molecule has 0 radical (unpaired) electrons. The van der Waals surface area contributed by atoms with Crippen molar-refractivity contribution in [3.63, 3.8) is 0 Å². The van der Waals surface area contributed by atoms with Crippen LogP contribution in [-0.4, -0.2) is 10.9 Å². The number of hydrogen-bond acceptors (Lipinski definition) is 2. The molecule has 0 unspecified atom stereocenters. The molecule has 1 heterocycles. The summed E-state index contributed by atoms with van der Waals surface area (Å²) in [4.78, 5) is 28.4. The van der Waals surface area contributed by atoms with E-state index in [0.717, 1.165) is 12.1 Å². The molecule has 2 N–H and O–H groups in total. The Labute approximate surface area is 169 Å². The summed E-state index contributed by atoms with van der Waals surface area (Å²) < 4.78 is 38.5. The predicted octanol–water partition coefficient (Wildman–Crippen LogP) is 5.47. The number of rotatable bonds is 3. The number of anilines is 1. The maximum absolute atomic E-state index is 12.8. The molecule has 4 aromatic rings. The van der Waals surface area contributed by atoms with Gasteiger partial charge in [0.05, 0.1) is 5.56 Å². The minimum absolute atomic E-state index is 0.0593. The fraction of sp³-hybridized carbons (Fsp3) is 0.0435. The van der Waals surface area contributed by atoms with E-state index in [1.807, 2.05) is 0 Å². The van der Waals surface area contributed by atoms with Gasteiger partial charge in [0, 0.05) is 28.4 Å². The lowest BCUT2D eigenvalue weighted by Crippen LogP contribution is -2.22. The molecule has 4 rings (SSSR count). The Morgan fingerprint density at radius 2 is 1.53 bits per heavy atom. The van der Waals surface area contributed by atoms with Gasteiger partial charge in [0.2, 0.25) is 5.43 Å². The van der Waals surface area contributed by atoms with E-state index in [2.05, 4.69) is 10.3 Å². The normalized spacial score (nSPS) is 11.4. The molecule has 30 heavy (non-hydrogen) atoms. The maximum atomic E-state index is 12.8. The number of para-hydroxylation sites is 2. The van der Waals surface area contributed by atoms with Gasteiger partial charge in [0.25, 0.3) is 5.91 Å². The zero-order valence-corrected chi connectivity index (χ0v) is 15.5. The average Bonchev–Trinajstić information content (AvgIpc) is 2.74. The standard InChI is InChI=1S/C23H15F3N2O2/c24-23(25,26)15-11-9-14(10-12-15)16-5-1-4-8-20(16)28-22(30)18-13-27-19-7-3-2-6-17(19)21(18)29/h1-13H,(H,27,29)(H,28,30). The van der Waals surface area contributed by atoms with Crippen LogP contribution in [0.2, 0.25) is 0 Å². The monoisotopic (exact) mass is 408 g/mol. The van der Waals surface area contributed by atoms with Gasteiger partial charge in [-0.1, -0.05) is 42.5 Å². The molecule has 3 aromatic carbocycles. The van der Waals surface area contributed by atoms with E-state index in [-0.39, 0.29) is 5.56 Å². The second-order valence-electron chi connectivity index (χ2n) is 6.65. The Hall–Kier alpha value is -3.87. The molecule has 0 aliphatic rings. The molecule has 1 amide bonds. The number of carbonyl (C=O) groups is 1. The highest BCUT2D eigenvalue weighted by Crippen LogP contribution is 2.33. The van der Waals surface area contributed by atoms with E-state index in [0.29, 0.717) is 27.7 Å². The van der Waals surface area contributed by atoms with E-state index < -0.39 is 23.1 Å². The third kappa shape index (κ3) is 3.69. The Morgan fingerprint density at radius 1 is 0.867 bits per heavy atom. The molecule has 4 nitrogen and oxygen atoms in total. The van der Waals surface area contributed by atoms with Crippen LogP contribution in [0.15, 0.2) is 83.8 Å². The number of nitrogens with one attached hydrogen (secondary N) is 2. The van der Waals surface area contributed by atoms with Crippen LogP contribution in [0, 0.1) is 0 Å². The number of halogens is 3. The lowest BCUT2D eigenvalue weighted by molar-refractivity contribution is -0.137. The molecule has 0 aliphatic heterocycles. The Morgan fingerprint density at radius 3 is 2.27 bits per heavy atom. The Bertz CT molecular complexity index is 1290. The number of pyridine rings is 1. The van der Waals surface area contributed by atoms with Crippen LogP contribution in [0.1, 0.15) is 15.9 Å². The van der Waals surface area contributed by atoms with Crippen molar-refractivity contribution in [1.82, 2.24) is 4.98 Å². The smallest absolute Gasteiger partial charge is 0.360 e. The van der Waals surface area contributed by atoms with Crippen molar-refractivity contribution >= 4 is 22.5 Å². The van der Waals surface area contributed by atoms with Gasteiger partial charge in [0.1, 0.15) is 5.56 Å². The topological polar surface area (TPSA) is 62.0 Å². The van der Waals surface area contributed by atoms with Crippen molar-refractivity contribution in [2.45, 2.75) is 6.18 Å². The van der Waals surface area contributed by atoms with Crippen molar-refractivity contribution in [3.05, 3.63) is 100 Å². The van der Waals surface area contributed by atoms with Gasteiger partial charge in [-0.2, -0.15) is 13.2 Å². The molecule has 0 aliphatic carbocycles. The third-order valence-corrected chi connectivity index (χ3v) is 4.73. The molecule has 0 fully saturated rings. The number of hydrogen-bond donors (Lipinski definition) is 2. The second kappa shape index (κ2) is 7.51. The molecule has 7 heteroatoms. The molecule has 1 aromatic heterocycles. The van der Waals surface area contributed by atoms with Crippen molar-refractivity contribution < 1.29 is 18.0 Å². The minimum atomic E-state index is -4.43. The minimum Gasteiger partial charge on any atom is -0.360 e. The summed E-state index contributed by atoms with van der Waals surface area (Å²) in [6.07, 6.45) is -3.08. The van der Waals surface area contributed by atoms with E-state index >= 15 is 0 Å². The van der Waals surface area contributed by atoms with Gasteiger partial charge in [-0.3, -0.25) is 9.59 Å². The summed E-state index contributed by atoms with van der Waals surface area (Å²) in [5.41, 5.74) is 0.822. The highest BCUT2D eigenvalue weighted by molar-refractivity contribution is 6.07. The Balaban J connectivity index is 1.68. The van der Waals surface area contributed by atoms with Crippen LogP contribution >= 0.6 is 0 Å². The molecular weight excluding hydrogens is 393 g/mol. The zero-order chi connectivity index (χ0) is 21.3. The first-order chi connectivity index (χ1) is 14.3. The van der Waals surface area contributed by atoms with Gasteiger partial charge in [-0.15, -0.1) is 0 Å². The summed E-state index contributed by atoms with van der Waals surface area (Å²) in [5.74, 6) is -0.610. The molecule has 0 spiro atoms. The van der Waals surface area contributed by atoms with Crippen molar-refractivity contribution in [3.8, 4) is 11.1 Å². The van der Waals surface area contributed by atoms with Crippen molar-refractivity contribution in [2.75, 3.05) is 5.32 Å². The average molecular weight is 408 g/mol. The van der Waals surface area contributed by atoms with Crippen LogP contribution in [0.4, 0.5) is 18.9 Å². The summed E-state index contributed by atoms with van der Waals surface area (Å²) in [7, 11) is 0. The second-order valence-corrected chi connectivity index (χ2v) is 6.65. The van der Waals surface area contributed by atoms with Gasteiger partial charge >= 0.3 is 6.18 Å². The largest absolute Gasteiger partial charge is 0.416 e. The van der Waals surface area contributed by atoms with E-state index in [1.165, 1.54) is 18.3 Å². The summed E-state index contributed by atoms with van der Waals surface area (Å²) >= 11 is 0. The fourth-order valence-electron chi connectivity index (χ4n) is 3.21. The van der Waals surface area contributed by atoms with Crippen LogP contribution < -0.4 is 10.7 Å². The van der Waals surface area contributed by atoms with E-state index in [1.54, 1.807) is 48.5 Å². The highest BCUT2D eigenvalue weighted by Gasteiger charge is 2.30. The number of amides is 1. The van der Waals surface area contributed by atoms with E-state index in [4.69, 9.17) is 0 Å². The van der Waals surface area contributed by atoms with Crippen molar-refractivity contribution in [2.24, 2.45) is 0 Å². The quantitative estimate of drug-likeness (QED) is 0.472. The third-order valence-electron chi connectivity index (χ3n) is 4.73. The highest BCUT2D eigenvalue weighted by atomic mass is 19.4. The lowest BCUT2D eigenvalue weighted by Gasteiger charge is -2.13. The predicted molar refractivity (Wildman–Crippen MR) is 109 cm³/mol. The molecule has 0 saturated carbocycles. The van der Waals surface area contributed by atoms with E-state index in [9.17, 15) is 22.8 Å². The molecule has 150 valence electrons. The van der Waals surface area contributed by atoms with Gasteiger partial charge in [-0.05, 0) is 35.9 Å². The molecule has 0 saturated heterocycles. The van der Waals surface area contributed by atoms with Gasteiger partial charge < -0.3 is 10.3 Å². The lowest BCUT2D eigenvalue weighted by atomic mass is 10.0. The Kier molecular flexibility index (Phi) is 4.87. The van der Waals surface area contributed by atoms with Crippen LogP contribution in [0.25, 0.3) is 22.0 Å². The van der Waals surface area contributed by atoms with Crippen LogP contribution in [-0.2, 0) is 6.18 Å². The summed E-state index contributed by atoms with van der Waals surface area (Å²) in [6, 6.07) is 18.2. The number of aromatic nitrogens is 1. The van der Waals surface area contributed by atoms with Crippen LogP contribution in [0.5, 0.6) is 0 Å². The summed E-state index contributed by atoms with van der Waals surface area (Å²) in [5, 5.41) is 3.08. The summed E-state index contributed by atoms with van der Waals surface area (Å²) in [6.45, 7) is 0. The maximum Gasteiger partial charge on any atom is 0.416 e. The first-order valence-electron chi connectivity index (χ1n) is 9.03. The number of H-pyrrole nitrogens is 1. The fourth-order valence-corrected chi connectivity index (χ4v) is 3.21. The number of aromatic amines is 1. The number of carbonyl (C=O) groups excluding carboxylic acids is 1. The zero-order valence-electron chi connectivity index (χ0n) is 15.5. The number of benzene rings is 3. The number of fused-ring (bicyclic) bond motifs is 1. The molecule has 0 bridgehead atoms. The van der Waals surface area contributed by atoms with Crippen LogP contribution in [0.3, 0.4) is 0 Å². The number of alkyl halides is 3. The van der Waals surface area contributed by atoms with Gasteiger partial charge in [-0.25, -0.2) is 0 Å². The SMILES string of the molecule is O=C(Nc1ccccc1-c1ccc(C(F)(F)F)cc1)c1c[nH]c2ccccc2c1=O. The molecular formula is C23H15F3N2O2.